The van der Waals surface area contributed by atoms with Crippen LogP contribution in [0.15, 0.2) is 29.4 Å². The van der Waals surface area contributed by atoms with Crippen molar-refractivity contribution in [2.45, 2.75) is 68.7 Å². The minimum absolute atomic E-state index is 0.0655. The molecule has 0 bridgehead atoms. The van der Waals surface area contributed by atoms with Crippen molar-refractivity contribution in [3.63, 3.8) is 0 Å². The van der Waals surface area contributed by atoms with Crippen LogP contribution in [-0.4, -0.2) is 17.2 Å². The number of aromatic nitrogens is 1. The Balaban J connectivity index is 2.00. The Hall–Kier alpha value is -1.23. The molecule has 22 heavy (non-hydrogen) atoms. The number of thioether (sulfide) groups is 1. The van der Waals surface area contributed by atoms with E-state index in [4.69, 9.17) is 0 Å². The van der Waals surface area contributed by atoms with Gasteiger partial charge in [-0.1, -0.05) is 39.5 Å². The first-order valence-corrected chi connectivity index (χ1v) is 9.11. The minimum Gasteiger partial charge on any atom is -0.618 e. The maximum absolute atomic E-state index is 12.6. The van der Waals surface area contributed by atoms with Gasteiger partial charge in [0.25, 0.3) is 5.03 Å². The number of hydrogen-bond acceptors (Lipinski definition) is 3. The maximum Gasteiger partial charge on any atom is 0.252 e. The first-order valence-electron chi connectivity index (χ1n) is 8.23. The van der Waals surface area contributed by atoms with Crippen LogP contribution in [0.1, 0.15) is 52.4 Å². The Morgan fingerprint density at radius 2 is 1.95 bits per heavy atom. The molecule has 1 saturated carbocycles. The van der Waals surface area contributed by atoms with Crippen molar-refractivity contribution < 1.29 is 9.52 Å². The second kappa shape index (κ2) is 8.42. The van der Waals surface area contributed by atoms with Crippen LogP contribution < -0.4 is 10.0 Å². The van der Waals surface area contributed by atoms with Gasteiger partial charge >= 0.3 is 0 Å². The van der Waals surface area contributed by atoms with Crippen LogP contribution in [0.3, 0.4) is 0 Å². The number of amides is 1. The topological polar surface area (TPSA) is 56.0 Å². The molecule has 1 aliphatic rings. The van der Waals surface area contributed by atoms with Gasteiger partial charge in [-0.2, -0.15) is 4.73 Å². The highest BCUT2D eigenvalue weighted by atomic mass is 32.2. The number of carbonyl (C=O) groups is 1. The van der Waals surface area contributed by atoms with E-state index in [9.17, 15) is 10.0 Å². The van der Waals surface area contributed by atoms with Crippen LogP contribution in [-0.2, 0) is 4.79 Å². The molecule has 0 spiro atoms. The summed E-state index contributed by atoms with van der Waals surface area (Å²) in [5.74, 6) is 0.242. The summed E-state index contributed by atoms with van der Waals surface area (Å²) in [5.41, 5.74) is 0. The normalized spacial score (nSPS) is 18.0. The van der Waals surface area contributed by atoms with Crippen molar-refractivity contribution in [2.24, 2.45) is 5.92 Å². The zero-order valence-corrected chi connectivity index (χ0v) is 14.3. The van der Waals surface area contributed by atoms with Crippen LogP contribution in [0.2, 0.25) is 0 Å². The molecule has 0 aliphatic heterocycles. The third-order valence-electron chi connectivity index (χ3n) is 4.10. The molecule has 1 aromatic heterocycles. The van der Waals surface area contributed by atoms with Gasteiger partial charge in [-0.25, -0.2) is 0 Å². The number of rotatable bonds is 5. The number of carbonyl (C=O) groups excluding carboxylic acids is 1. The lowest BCUT2D eigenvalue weighted by molar-refractivity contribution is -0.645. The summed E-state index contributed by atoms with van der Waals surface area (Å²) >= 11 is 1.36. The first kappa shape index (κ1) is 17.1. The number of nitrogens with one attached hydrogen (secondary N) is 1. The Morgan fingerprint density at radius 1 is 1.27 bits per heavy atom. The lowest BCUT2D eigenvalue weighted by Gasteiger charge is -2.23. The van der Waals surface area contributed by atoms with Crippen LogP contribution >= 0.6 is 11.8 Å². The second-order valence-electron chi connectivity index (χ2n) is 6.34. The molecule has 1 fully saturated rings. The van der Waals surface area contributed by atoms with E-state index < -0.39 is 0 Å². The average molecular weight is 322 g/mol. The number of nitrogens with zero attached hydrogens (tertiary/aromatic N) is 1. The molecule has 1 N–H and O–H groups in total. The molecule has 0 saturated heterocycles. The molecule has 1 atom stereocenters. The zero-order chi connectivity index (χ0) is 15.9. The molecule has 1 amide bonds. The van der Waals surface area contributed by atoms with Crippen LogP contribution in [0.5, 0.6) is 0 Å². The quantitative estimate of drug-likeness (QED) is 0.392. The average Bonchev–Trinajstić information content (AvgIpc) is 2.74. The summed E-state index contributed by atoms with van der Waals surface area (Å²) in [5, 5.41) is 15.4. The van der Waals surface area contributed by atoms with Gasteiger partial charge in [-0.3, -0.25) is 4.79 Å². The fourth-order valence-electron chi connectivity index (χ4n) is 2.83. The molecular weight excluding hydrogens is 296 g/mol. The van der Waals surface area contributed by atoms with E-state index in [1.165, 1.54) is 43.6 Å². The molecule has 4 nitrogen and oxygen atoms in total. The van der Waals surface area contributed by atoms with Crippen molar-refractivity contribution in [3.8, 4) is 0 Å². The molecule has 122 valence electrons. The van der Waals surface area contributed by atoms with Crippen molar-refractivity contribution in [3.05, 3.63) is 29.6 Å². The highest BCUT2D eigenvalue weighted by Crippen LogP contribution is 2.26. The van der Waals surface area contributed by atoms with Crippen molar-refractivity contribution in [1.29, 1.82) is 0 Å². The Morgan fingerprint density at radius 3 is 2.55 bits per heavy atom. The highest BCUT2D eigenvalue weighted by molar-refractivity contribution is 8.00. The van der Waals surface area contributed by atoms with Gasteiger partial charge < -0.3 is 10.5 Å². The number of hydrogen-bond donors (Lipinski definition) is 1. The van der Waals surface area contributed by atoms with Crippen LogP contribution in [0.25, 0.3) is 0 Å². The van der Waals surface area contributed by atoms with E-state index in [0.717, 1.165) is 17.6 Å². The fraction of sp³-hybridized carbons (Fsp3) is 0.647. The zero-order valence-electron chi connectivity index (χ0n) is 13.5. The Kier molecular flexibility index (Phi) is 6.55. The summed E-state index contributed by atoms with van der Waals surface area (Å²) in [6, 6.07) is 5.60. The van der Waals surface area contributed by atoms with Gasteiger partial charge in [0, 0.05) is 18.2 Å². The van der Waals surface area contributed by atoms with Crippen molar-refractivity contribution >= 4 is 17.7 Å². The lowest BCUT2D eigenvalue weighted by Crippen LogP contribution is -2.42. The molecule has 5 heteroatoms. The SMILES string of the molecule is CC(C)[C@H](Sc1cccc[n+]1[O-])C(=O)NC1CCCCCC1. The maximum atomic E-state index is 12.6. The van der Waals surface area contributed by atoms with Crippen LogP contribution in [0, 0.1) is 11.1 Å². The summed E-state index contributed by atoms with van der Waals surface area (Å²) in [7, 11) is 0. The van der Waals surface area contributed by atoms with Crippen molar-refractivity contribution in [2.75, 3.05) is 0 Å². The van der Waals surface area contributed by atoms with E-state index in [1.54, 1.807) is 12.1 Å². The first-order chi connectivity index (χ1) is 10.6. The molecule has 1 aromatic rings. The highest BCUT2D eigenvalue weighted by Gasteiger charge is 2.28. The molecule has 0 aromatic carbocycles. The van der Waals surface area contributed by atoms with Crippen molar-refractivity contribution in [1.82, 2.24) is 5.32 Å². The fourth-order valence-corrected chi connectivity index (χ4v) is 3.86. The molecule has 1 heterocycles. The summed E-state index contributed by atoms with van der Waals surface area (Å²) in [4.78, 5) is 12.6. The smallest absolute Gasteiger partial charge is 0.252 e. The van der Waals surface area contributed by atoms with E-state index >= 15 is 0 Å². The molecular formula is C17H26N2O2S. The lowest BCUT2D eigenvalue weighted by atomic mass is 10.1. The van der Waals surface area contributed by atoms with Gasteiger partial charge in [0.2, 0.25) is 5.91 Å². The van der Waals surface area contributed by atoms with Gasteiger partial charge in [0.05, 0.1) is 5.25 Å². The third-order valence-corrected chi connectivity index (χ3v) is 5.67. The Labute approximate surface area is 137 Å². The van der Waals surface area contributed by atoms with Gasteiger partial charge in [0.15, 0.2) is 6.20 Å². The molecule has 2 rings (SSSR count). The molecule has 0 radical (unpaired) electrons. The van der Waals surface area contributed by atoms with E-state index in [1.807, 2.05) is 19.9 Å². The number of pyridine rings is 1. The van der Waals surface area contributed by atoms with Gasteiger partial charge in [0.1, 0.15) is 0 Å². The summed E-state index contributed by atoms with van der Waals surface area (Å²) in [6.45, 7) is 4.06. The summed E-state index contributed by atoms with van der Waals surface area (Å²) in [6.07, 6.45) is 8.57. The standard InChI is InChI=1S/C17H26N2O2S/c1-13(2)16(22-15-11-7-8-12-19(15)21)17(20)18-14-9-5-3-4-6-10-14/h7-8,11-14,16H,3-6,9-10H2,1-2H3,(H,18,20)/t16-/m0/s1. The summed E-state index contributed by atoms with van der Waals surface area (Å²) < 4.78 is 0.832. The minimum atomic E-state index is -0.231. The monoisotopic (exact) mass is 322 g/mol. The van der Waals surface area contributed by atoms with E-state index in [-0.39, 0.29) is 17.1 Å². The Bertz CT molecular complexity index is 485. The second-order valence-corrected chi connectivity index (χ2v) is 7.51. The molecule has 1 aliphatic carbocycles. The van der Waals surface area contributed by atoms with Gasteiger partial charge in [-0.05, 0) is 36.6 Å². The third kappa shape index (κ3) is 4.90. The van der Waals surface area contributed by atoms with E-state index in [2.05, 4.69) is 5.32 Å². The van der Waals surface area contributed by atoms with Gasteiger partial charge in [-0.15, -0.1) is 0 Å². The van der Waals surface area contributed by atoms with E-state index in [0.29, 0.717) is 11.1 Å². The largest absolute Gasteiger partial charge is 0.618 e. The predicted molar refractivity (Wildman–Crippen MR) is 89.5 cm³/mol. The molecule has 0 unspecified atom stereocenters. The van der Waals surface area contributed by atoms with Crippen LogP contribution in [0.4, 0.5) is 0 Å². The predicted octanol–water partition coefficient (Wildman–Crippen LogP) is 3.28.